The Morgan fingerprint density at radius 2 is 2.44 bits per heavy atom. The van der Waals surface area contributed by atoms with Gasteiger partial charge in [-0.05, 0) is 25.1 Å². The summed E-state index contributed by atoms with van der Waals surface area (Å²) in [4.78, 5) is 12.5. The number of hydrogen-bond donors (Lipinski definition) is 2. The summed E-state index contributed by atoms with van der Waals surface area (Å²) in [6, 6.07) is 7.44. The van der Waals surface area contributed by atoms with E-state index in [-0.39, 0.29) is 17.7 Å². The van der Waals surface area contributed by atoms with Crippen molar-refractivity contribution in [2.75, 3.05) is 12.3 Å². The van der Waals surface area contributed by atoms with Crippen LogP contribution in [-0.2, 0) is 4.79 Å². The van der Waals surface area contributed by atoms with E-state index in [9.17, 15) is 4.79 Å². The van der Waals surface area contributed by atoms with Gasteiger partial charge in [-0.2, -0.15) is 0 Å². The predicted octanol–water partition coefficient (Wildman–Crippen LogP) is 1.50. The van der Waals surface area contributed by atoms with E-state index in [0.29, 0.717) is 5.69 Å². The zero-order valence-corrected chi connectivity index (χ0v) is 9.88. The van der Waals surface area contributed by atoms with Crippen LogP contribution in [0.25, 0.3) is 0 Å². The molecule has 0 radical (unpaired) electrons. The molecule has 0 aliphatic rings. The fourth-order valence-corrected chi connectivity index (χ4v) is 2.09. The Morgan fingerprint density at radius 3 is 3.06 bits per heavy atom. The molecule has 1 unspecified atom stereocenters. The summed E-state index contributed by atoms with van der Waals surface area (Å²) in [6.45, 7) is 2.10. The molecule has 0 spiro atoms. The quantitative estimate of drug-likeness (QED) is 0.471. The number of nitrogens with two attached hydrogens (primary N) is 1. The van der Waals surface area contributed by atoms with Gasteiger partial charge in [-0.15, -0.1) is 18.2 Å². The molecule has 0 bridgehead atoms. The van der Waals surface area contributed by atoms with Crippen molar-refractivity contribution in [3.05, 3.63) is 24.3 Å². The van der Waals surface area contributed by atoms with Gasteiger partial charge >= 0.3 is 0 Å². The Kier molecular flexibility index (Phi) is 4.74. The lowest BCUT2D eigenvalue weighted by Crippen LogP contribution is -2.31. The molecule has 84 valence electrons. The Balaban J connectivity index is 2.54. The molecule has 0 saturated heterocycles. The van der Waals surface area contributed by atoms with Crippen molar-refractivity contribution in [3.8, 4) is 12.3 Å². The monoisotopic (exact) mass is 234 g/mol. The normalized spacial score (nSPS) is 11.5. The number of thioether (sulfide) groups is 1. The first-order valence-electron chi connectivity index (χ1n) is 4.87. The van der Waals surface area contributed by atoms with Crippen LogP contribution in [0.5, 0.6) is 0 Å². The molecule has 1 aromatic carbocycles. The fraction of sp³-hybridized carbons (Fsp3) is 0.250. The molecule has 1 amide bonds. The van der Waals surface area contributed by atoms with Crippen molar-refractivity contribution < 1.29 is 4.79 Å². The van der Waals surface area contributed by atoms with E-state index in [4.69, 9.17) is 12.2 Å². The Hall–Kier alpha value is -1.60. The lowest BCUT2D eigenvalue weighted by atomic mass is 10.3. The maximum absolute atomic E-state index is 11.5. The van der Waals surface area contributed by atoms with Gasteiger partial charge in [0.25, 0.3) is 0 Å². The molecule has 3 nitrogen and oxygen atoms in total. The summed E-state index contributed by atoms with van der Waals surface area (Å²) in [5.41, 5.74) is 6.35. The average Bonchev–Trinajstić information content (AvgIpc) is 2.25. The maximum atomic E-state index is 11.5. The minimum Gasteiger partial charge on any atom is -0.399 e. The molecule has 0 aliphatic heterocycles. The van der Waals surface area contributed by atoms with Gasteiger partial charge in [-0.25, -0.2) is 0 Å². The van der Waals surface area contributed by atoms with Crippen LogP contribution in [0.3, 0.4) is 0 Å². The number of nitrogens with one attached hydrogen (secondary N) is 1. The second-order valence-electron chi connectivity index (χ2n) is 3.25. The first-order valence-corrected chi connectivity index (χ1v) is 5.75. The van der Waals surface area contributed by atoms with Crippen LogP contribution in [0.2, 0.25) is 0 Å². The number of amides is 1. The number of nitrogen functional groups attached to an aromatic ring is 1. The molecular formula is C12H14N2OS. The third-order valence-electron chi connectivity index (χ3n) is 1.90. The highest BCUT2D eigenvalue weighted by Crippen LogP contribution is 2.24. The van der Waals surface area contributed by atoms with Crippen LogP contribution in [-0.4, -0.2) is 17.7 Å². The zero-order valence-electron chi connectivity index (χ0n) is 9.07. The zero-order chi connectivity index (χ0) is 12.0. The standard InChI is InChI=1S/C12H14N2OS/c1-3-7-14-12(15)9(2)16-11-6-4-5-10(13)8-11/h1,4-6,8-9H,7,13H2,2H3,(H,14,15). The molecule has 1 rings (SSSR count). The molecule has 1 aromatic rings. The lowest BCUT2D eigenvalue weighted by Gasteiger charge is -2.10. The van der Waals surface area contributed by atoms with Crippen molar-refractivity contribution >= 4 is 23.4 Å². The summed E-state index contributed by atoms with van der Waals surface area (Å²) in [5, 5.41) is 2.45. The van der Waals surface area contributed by atoms with Crippen LogP contribution < -0.4 is 11.1 Å². The van der Waals surface area contributed by atoms with E-state index in [1.54, 1.807) is 0 Å². The van der Waals surface area contributed by atoms with E-state index < -0.39 is 0 Å². The first-order chi connectivity index (χ1) is 7.63. The van der Waals surface area contributed by atoms with Crippen LogP contribution >= 0.6 is 11.8 Å². The van der Waals surface area contributed by atoms with E-state index in [1.165, 1.54) is 11.8 Å². The smallest absolute Gasteiger partial charge is 0.233 e. The second-order valence-corrected chi connectivity index (χ2v) is 4.67. The highest BCUT2D eigenvalue weighted by molar-refractivity contribution is 8.00. The highest BCUT2D eigenvalue weighted by Gasteiger charge is 2.13. The van der Waals surface area contributed by atoms with Gasteiger partial charge in [0.05, 0.1) is 11.8 Å². The SMILES string of the molecule is C#CCNC(=O)C(C)Sc1cccc(N)c1. The second kappa shape index (κ2) is 6.09. The molecule has 0 aromatic heterocycles. The summed E-state index contributed by atoms with van der Waals surface area (Å²) in [6.07, 6.45) is 5.06. The topological polar surface area (TPSA) is 55.1 Å². The van der Waals surface area contributed by atoms with Gasteiger partial charge < -0.3 is 11.1 Å². The van der Waals surface area contributed by atoms with Gasteiger partial charge in [0.2, 0.25) is 5.91 Å². The average molecular weight is 234 g/mol. The summed E-state index contributed by atoms with van der Waals surface area (Å²) in [7, 11) is 0. The lowest BCUT2D eigenvalue weighted by molar-refractivity contribution is -0.120. The van der Waals surface area contributed by atoms with Crippen LogP contribution in [0.4, 0.5) is 5.69 Å². The molecule has 0 saturated carbocycles. The number of anilines is 1. The molecule has 16 heavy (non-hydrogen) atoms. The predicted molar refractivity (Wildman–Crippen MR) is 68.0 cm³/mol. The van der Waals surface area contributed by atoms with Gasteiger partial charge in [0.15, 0.2) is 0 Å². The van der Waals surface area contributed by atoms with Crippen molar-refractivity contribution in [1.29, 1.82) is 0 Å². The number of hydrogen-bond acceptors (Lipinski definition) is 3. The van der Waals surface area contributed by atoms with Gasteiger partial charge in [0, 0.05) is 10.6 Å². The van der Waals surface area contributed by atoms with Gasteiger partial charge in [0.1, 0.15) is 0 Å². The van der Waals surface area contributed by atoms with E-state index in [0.717, 1.165) is 4.90 Å². The Labute approximate surface area is 99.8 Å². The minimum absolute atomic E-state index is 0.0645. The van der Waals surface area contributed by atoms with Crippen LogP contribution in [0.1, 0.15) is 6.92 Å². The maximum Gasteiger partial charge on any atom is 0.233 e. The summed E-state index contributed by atoms with van der Waals surface area (Å²) in [5.74, 6) is 2.30. The molecule has 0 heterocycles. The molecule has 3 N–H and O–H groups in total. The third-order valence-corrected chi connectivity index (χ3v) is 3.00. The largest absolute Gasteiger partial charge is 0.399 e. The number of benzene rings is 1. The number of carbonyl (C=O) groups excluding carboxylic acids is 1. The van der Waals surface area contributed by atoms with Crippen molar-refractivity contribution in [3.63, 3.8) is 0 Å². The number of rotatable bonds is 4. The third kappa shape index (κ3) is 3.87. The highest BCUT2D eigenvalue weighted by atomic mass is 32.2. The summed E-state index contributed by atoms with van der Waals surface area (Å²) < 4.78 is 0. The molecular weight excluding hydrogens is 220 g/mol. The van der Waals surface area contributed by atoms with E-state index >= 15 is 0 Å². The number of carbonyl (C=O) groups is 1. The Bertz CT molecular complexity index is 412. The van der Waals surface area contributed by atoms with Crippen molar-refractivity contribution in [2.45, 2.75) is 17.1 Å². The molecule has 0 aliphatic carbocycles. The minimum atomic E-state index is -0.185. The van der Waals surface area contributed by atoms with E-state index in [2.05, 4.69) is 11.2 Å². The molecule has 1 atom stereocenters. The van der Waals surface area contributed by atoms with Crippen molar-refractivity contribution in [1.82, 2.24) is 5.32 Å². The van der Waals surface area contributed by atoms with Crippen molar-refractivity contribution in [2.24, 2.45) is 0 Å². The van der Waals surface area contributed by atoms with E-state index in [1.807, 2.05) is 31.2 Å². The van der Waals surface area contributed by atoms with Crippen LogP contribution in [0.15, 0.2) is 29.2 Å². The first kappa shape index (κ1) is 12.5. The number of terminal acetylenes is 1. The molecule has 0 fully saturated rings. The van der Waals surface area contributed by atoms with Gasteiger partial charge in [-0.3, -0.25) is 4.79 Å². The van der Waals surface area contributed by atoms with Gasteiger partial charge in [-0.1, -0.05) is 12.0 Å². The summed E-state index contributed by atoms with van der Waals surface area (Å²) >= 11 is 1.46. The Morgan fingerprint density at radius 1 is 1.69 bits per heavy atom. The molecule has 4 heteroatoms. The van der Waals surface area contributed by atoms with Crippen LogP contribution in [0, 0.1) is 12.3 Å². The fourth-order valence-electron chi connectivity index (χ4n) is 1.13.